The number of rotatable bonds is 12. The predicted molar refractivity (Wildman–Crippen MR) is 284 cm³/mol. The van der Waals surface area contributed by atoms with Gasteiger partial charge in [-0.05, 0) is 170 Å². The molecule has 0 bridgehead atoms. The third-order valence-corrected chi connectivity index (χ3v) is 14.8. The highest BCUT2D eigenvalue weighted by atomic mass is 16.5. The maximum Gasteiger partial charge on any atom is 0.330 e. The first kappa shape index (κ1) is 43.3. The Bertz CT molecular complexity index is 3660. The molecule has 336 valence electrons. The first-order valence-electron chi connectivity index (χ1n) is 24.1. The molecule has 10 aromatic rings. The smallest absolute Gasteiger partial charge is 0.330 e. The van der Waals surface area contributed by atoms with Crippen LogP contribution >= 0.6 is 0 Å². The van der Waals surface area contributed by atoms with Crippen molar-refractivity contribution in [3.8, 4) is 33.4 Å². The Morgan fingerprint density at radius 2 is 1.01 bits per heavy atom. The maximum atomic E-state index is 13.2. The van der Waals surface area contributed by atoms with Crippen LogP contribution in [0.3, 0.4) is 0 Å². The second-order valence-corrected chi connectivity index (χ2v) is 20.7. The molecule has 11 rings (SSSR count). The van der Waals surface area contributed by atoms with Gasteiger partial charge < -0.3 is 9.47 Å². The summed E-state index contributed by atoms with van der Waals surface area (Å²) in [5.41, 5.74) is 10.7. The van der Waals surface area contributed by atoms with Gasteiger partial charge in [-0.15, -0.1) is 0 Å². The van der Waals surface area contributed by atoms with Gasteiger partial charge in [-0.1, -0.05) is 169 Å². The van der Waals surface area contributed by atoms with Crippen molar-refractivity contribution in [3.63, 3.8) is 0 Å². The minimum Gasteiger partial charge on any atom is -0.461 e. The van der Waals surface area contributed by atoms with Gasteiger partial charge in [0.25, 0.3) is 0 Å². The summed E-state index contributed by atoms with van der Waals surface area (Å²) in [6.45, 7) is 20.8. The van der Waals surface area contributed by atoms with Crippen LogP contribution in [-0.4, -0.2) is 24.6 Å². The summed E-state index contributed by atoms with van der Waals surface area (Å²) >= 11 is 0. The first-order valence-corrected chi connectivity index (χ1v) is 24.1. The van der Waals surface area contributed by atoms with Crippen molar-refractivity contribution in [2.75, 3.05) is 6.61 Å². The number of esters is 2. The molecule has 4 heteroatoms. The van der Waals surface area contributed by atoms with Crippen molar-refractivity contribution in [2.45, 2.75) is 77.7 Å². The van der Waals surface area contributed by atoms with Crippen LogP contribution in [-0.2, 0) is 36.3 Å². The lowest BCUT2D eigenvalue weighted by atomic mass is 9.73. The number of carbonyl (C=O) groups excluding carboxylic acids is 2. The standard InChI is InChI=1S/C64H56O4/c1-9-57(65)67-36-64(28-27-38(5)68-58(66)10-2)55-34-42(49-21-15-40-11-13-44-30-39(29-37(3)4)31-45-19-25-53(49)61(40)59(44)45)17-23-51(55)52-24-18-43(35-56(52)64)50-22-16-41-12-14-46-32-48(63(6,7)8)33-47-20-26-54(50)62(41)60(46)47/h9-26,30-35,37-38H,1-2,27-29,36H2,3-8H3. The number of benzene rings is 10. The zero-order chi connectivity index (χ0) is 47.2. The molecule has 0 saturated heterocycles. The summed E-state index contributed by atoms with van der Waals surface area (Å²) in [7, 11) is 0. The molecule has 0 N–H and O–H groups in total. The van der Waals surface area contributed by atoms with E-state index in [1.165, 1.54) is 87.9 Å². The van der Waals surface area contributed by atoms with Crippen LogP contribution in [0.4, 0.5) is 0 Å². The summed E-state index contributed by atoms with van der Waals surface area (Å²) in [4.78, 5) is 25.7. The van der Waals surface area contributed by atoms with E-state index >= 15 is 0 Å². The Hall–Kier alpha value is -7.30. The summed E-state index contributed by atoms with van der Waals surface area (Å²) < 4.78 is 12.0. The topological polar surface area (TPSA) is 52.6 Å². The van der Waals surface area contributed by atoms with E-state index in [9.17, 15) is 9.59 Å². The van der Waals surface area contributed by atoms with Crippen molar-refractivity contribution in [3.05, 3.63) is 181 Å². The first-order chi connectivity index (χ1) is 32.7. The highest BCUT2D eigenvalue weighted by Crippen LogP contribution is 2.55. The molecule has 0 aliphatic heterocycles. The molecule has 4 nitrogen and oxygen atoms in total. The van der Waals surface area contributed by atoms with Gasteiger partial charge in [-0.3, -0.25) is 0 Å². The molecule has 68 heavy (non-hydrogen) atoms. The van der Waals surface area contributed by atoms with Crippen LogP contribution in [0.5, 0.6) is 0 Å². The largest absolute Gasteiger partial charge is 0.461 e. The van der Waals surface area contributed by atoms with Crippen LogP contribution in [0.25, 0.3) is 98.0 Å². The van der Waals surface area contributed by atoms with Gasteiger partial charge in [0, 0.05) is 12.2 Å². The minimum atomic E-state index is -0.798. The highest BCUT2D eigenvalue weighted by Gasteiger charge is 2.45. The van der Waals surface area contributed by atoms with Crippen molar-refractivity contribution in [2.24, 2.45) is 5.92 Å². The monoisotopic (exact) mass is 888 g/mol. The molecule has 0 saturated carbocycles. The minimum absolute atomic E-state index is 0.0234. The van der Waals surface area contributed by atoms with Gasteiger partial charge in [0.15, 0.2) is 0 Å². The lowest BCUT2D eigenvalue weighted by Gasteiger charge is -2.33. The van der Waals surface area contributed by atoms with Gasteiger partial charge in [0.05, 0.1) is 11.5 Å². The van der Waals surface area contributed by atoms with Crippen LogP contribution in [0.2, 0.25) is 0 Å². The average molecular weight is 889 g/mol. The molecular formula is C64H56O4. The molecule has 0 heterocycles. The van der Waals surface area contributed by atoms with Gasteiger partial charge in [-0.25, -0.2) is 9.59 Å². The van der Waals surface area contributed by atoms with Crippen molar-refractivity contribution in [1.82, 2.24) is 0 Å². The predicted octanol–water partition coefficient (Wildman–Crippen LogP) is 16.2. The molecule has 0 fully saturated rings. The molecule has 0 spiro atoms. The summed E-state index contributed by atoms with van der Waals surface area (Å²) in [6, 6.07) is 50.3. The van der Waals surface area contributed by atoms with E-state index in [4.69, 9.17) is 9.47 Å². The molecule has 10 aromatic carbocycles. The normalized spacial score (nSPS) is 15.2. The molecule has 0 aromatic heterocycles. The molecule has 1 aliphatic carbocycles. The van der Waals surface area contributed by atoms with Crippen molar-refractivity contribution in [1.29, 1.82) is 0 Å². The Labute approximate surface area is 398 Å². The van der Waals surface area contributed by atoms with Crippen LogP contribution < -0.4 is 0 Å². The van der Waals surface area contributed by atoms with E-state index in [0.717, 1.165) is 50.9 Å². The molecule has 0 amide bonds. The maximum absolute atomic E-state index is 13.2. The lowest BCUT2D eigenvalue weighted by molar-refractivity contribution is -0.142. The van der Waals surface area contributed by atoms with Crippen molar-refractivity contribution >= 4 is 76.6 Å². The lowest BCUT2D eigenvalue weighted by Crippen LogP contribution is -2.34. The van der Waals surface area contributed by atoms with Gasteiger partial charge in [-0.2, -0.15) is 0 Å². The van der Waals surface area contributed by atoms with E-state index in [1.54, 1.807) is 0 Å². The molecule has 2 atom stereocenters. The van der Waals surface area contributed by atoms with Gasteiger partial charge >= 0.3 is 11.9 Å². The molecular weight excluding hydrogens is 833 g/mol. The average Bonchev–Trinajstić information content (AvgIpc) is 3.60. The summed E-state index contributed by atoms with van der Waals surface area (Å²) in [6.07, 6.45) is 4.13. The Kier molecular flexibility index (Phi) is 10.3. The molecule has 0 radical (unpaired) electrons. The number of fused-ring (bicyclic) bond motifs is 3. The van der Waals surface area contributed by atoms with E-state index in [0.29, 0.717) is 18.8 Å². The third-order valence-electron chi connectivity index (χ3n) is 14.8. The second-order valence-electron chi connectivity index (χ2n) is 20.7. The SMILES string of the molecule is C=CC(=O)OCC1(CCC(C)OC(=O)C=C)c2cc(-c3ccc4ccc5cc(CC(C)C)cc6ccc3c4c56)ccc2-c2ccc(-c3ccc4ccc5cc(C(C)(C)C)cc6ccc3c4c56)cc21. The fraction of sp³-hybridized carbons (Fsp3) is 0.219. The molecule has 2 unspecified atom stereocenters. The molecule has 1 aliphatic rings. The fourth-order valence-electron chi connectivity index (χ4n) is 11.6. The quantitative estimate of drug-likeness (QED) is 0.0697. The summed E-state index contributed by atoms with van der Waals surface area (Å²) in [5, 5.41) is 15.0. The van der Waals surface area contributed by atoms with E-state index in [2.05, 4.69) is 181 Å². The number of hydrogen-bond donors (Lipinski definition) is 0. The second kappa shape index (κ2) is 16.2. The van der Waals surface area contributed by atoms with Crippen LogP contribution in [0.15, 0.2) is 159 Å². The number of ether oxygens (including phenoxy) is 2. The van der Waals surface area contributed by atoms with Crippen LogP contribution in [0.1, 0.15) is 76.6 Å². The van der Waals surface area contributed by atoms with E-state index < -0.39 is 23.5 Å². The van der Waals surface area contributed by atoms with Gasteiger partial charge in [0.1, 0.15) is 6.61 Å². The van der Waals surface area contributed by atoms with Crippen LogP contribution in [0, 0.1) is 5.92 Å². The van der Waals surface area contributed by atoms with Gasteiger partial charge in [0.2, 0.25) is 0 Å². The summed E-state index contributed by atoms with van der Waals surface area (Å²) in [5.74, 6) is -0.377. The zero-order valence-corrected chi connectivity index (χ0v) is 39.9. The number of hydrogen-bond acceptors (Lipinski definition) is 4. The van der Waals surface area contributed by atoms with E-state index in [1.807, 2.05) is 6.92 Å². The third kappa shape index (κ3) is 7.03. The highest BCUT2D eigenvalue weighted by molar-refractivity contribution is 6.27. The Morgan fingerprint density at radius 1 is 0.559 bits per heavy atom. The van der Waals surface area contributed by atoms with Crippen molar-refractivity contribution < 1.29 is 19.1 Å². The number of carbonyl (C=O) groups is 2. The Balaban J connectivity index is 1.10. The van der Waals surface area contributed by atoms with E-state index in [-0.39, 0.29) is 12.0 Å². The Morgan fingerprint density at radius 3 is 1.50 bits per heavy atom. The fourth-order valence-corrected chi connectivity index (χ4v) is 11.6. The zero-order valence-electron chi connectivity index (χ0n) is 39.9.